The number of carbonyl (C=O) groups is 1. The van der Waals surface area contributed by atoms with E-state index in [0.29, 0.717) is 13.0 Å². The number of hydrogen-bond acceptors (Lipinski definition) is 3. The molecule has 1 atom stereocenters. The van der Waals surface area contributed by atoms with Crippen LogP contribution in [-0.2, 0) is 9.53 Å². The zero-order valence-corrected chi connectivity index (χ0v) is 7.19. The van der Waals surface area contributed by atoms with Crippen LogP contribution in [-0.4, -0.2) is 23.8 Å². The fourth-order valence-corrected chi connectivity index (χ4v) is 0.629. The van der Waals surface area contributed by atoms with Gasteiger partial charge in [-0.1, -0.05) is 6.08 Å². The Morgan fingerprint density at radius 3 is 2.92 bits per heavy atom. The van der Waals surface area contributed by atoms with Crippen LogP contribution in [0.2, 0.25) is 0 Å². The molecule has 0 radical (unpaired) electrons. The highest BCUT2D eigenvalue weighted by Crippen LogP contribution is 1.94. The first-order valence-electron chi connectivity index (χ1n) is 3.84. The highest BCUT2D eigenvalue weighted by molar-refractivity contribution is 5.81. The predicted molar refractivity (Wildman–Crippen MR) is 46.6 cm³/mol. The van der Waals surface area contributed by atoms with Gasteiger partial charge in [0.1, 0.15) is 0 Å². The van der Waals surface area contributed by atoms with Crippen molar-refractivity contribution in [2.75, 3.05) is 6.61 Å². The second-order valence-corrected chi connectivity index (χ2v) is 2.20. The number of hydrogen-bond donors (Lipinski definition) is 1. The Bertz CT molecular complexity index is 173. The minimum Gasteiger partial charge on any atom is -0.463 e. The summed E-state index contributed by atoms with van der Waals surface area (Å²) >= 11 is 0. The smallest absolute Gasteiger partial charge is 0.330 e. The average molecular weight is 170 g/mol. The molecule has 0 aromatic rings. The third-order valence-electron chi connectivity index (χ3n) is 1.15. The summed E-state index contributed by atoms with van der Waals surface area (Å²) < 4.78 is 4.61. The lowest BCUT2D eigenvalue weighted by Gasteiger charge is -1.99. The van der Waals surface area contributed by atoms with Gasteiger partial charge >= 0.3 is 5.97 Å². The van der Waals surface area contributed by atoms with Gasteiger partial charge in [0.2, 0.25) is 0 Å². The fourth-order valence-electron chi connectivity index (χ4n) is 0.629. The van der Waals surface area contributed by atoms with Crippen molar-refractivity contribution in [3.63, 3.8) is 0 Å². The minimum absolute atomic E-state index is 0.348. The highest BCUT2D eigenvalue weighted by Gasteiger charge is 1.97. The zero-order chi connectivity index (χ0) is 9.40. The molecule has 0 heterocycles. The molecular weight excluding hydrogens is 156 g/mol. The first-order valence-corrected chi connectivity index (χ1v) is 3.84. The van der Waals surface area contributed by atoms with Crippen molar-refractivity contribution >= 4 is 5.97 Å². The van der Waals surface area contributed by atoms with E-state index in [4.69, 9.17) is 5.11 Å². The van der Waals surface area contributed by atoms with Crippen molar-refractivity contribution in [2.45, 2.75) is 19.4 Å². The molecule has 0 rings (SSSR count). The average Bonchev–Trinajstić information content (AvgIpc) is 2.02. The number of carbonyl (C=O) groups excluding carboxylic acids is 1. The summed E-state index contributed by atoms with van der Waals surface area (Å²) in [4.78, 5) is 10.7. The van der Waals surface area contributed by atoms with Gasteiger partial charge in [0.25, 0.3) is 0 Å². The van der Waals surface area contributed by atoms with Crippen LogP contribution in [0, 0.1) is 0 Å². The van der Waals surface area contributed by atoms with Crippen molar-refractivity contribution in [3.8, 4) is 0 Å². The van der Waals surface area contributed by atoms with Crippen molar-refractivity contribution in [1.29, 1.82) is 0 Å². The van der Waals surface area contributed by atoms with Crippen LogP contribution in [0.1, 0.15) is 13.3 Å². The maximum absolute atomic E-state index is 10.7. The molecule has 3 nitrogen and oxygen atoms in total. The summed E-state index contributed by atoms with van der Waals surface area (Å²) in [5, 5.41) is 9.10. The number of rotatable bonds is 5. The zero-order valence-electron chi connectivity index (χ0n) is 7.19. The Morgan fingerprint density at radius 1 is 1.75 bits per heavy atom. The van der Waals surface area contributed by atoms with Gasteiger partial charge in [0, 0.05) is 6.08 Å². The van der Waals surface area contributed by atoms with Crippen LogP contribution < -0.4 is 0 Å². The van der Waals surface area contributed by atoms with Gasteiger partial charge in [-0.15, -0.1) is 6.58 Å². The molecule has 0 saturated heterocycles. The van der Waals surface area contributed by atoms with Gasteiger partial charge in [0.15, 0.2) is 0 Å². The number of ether oxygens (including phenoxy) is 1. The molecule has 0 aromatic carbocycles. The van der Waals surface area contributed by atoms with E-state index in [2.05, 4.69) is 11.3 Å². The normalized spacial score (nSPS) is 12.8. The van der Waals surface area contributed by atoms with Gasteiger partial charge in [-0.2, -0.15) is 0 Å². The number of esters is 1. The van der Waals surface area contributed by atoms with E-state index < -0.39 is 12.1 Å². The Balaban J connectivity index is 3.72. The first kappa shape index (κ1) is 10.9. The lowest BCUT2D eigenvalue weighted by Crippen LogP contribution is -2.04. The van der Waals surface area contributed by atoms with Crippen LogP contribution >= 0.6 is 0 Å². The van der Waals surface area contributed by atoms with E-state index in [0.717, 1.165) is 0 Å². The van der Waals surface area contributed by atoms with Crippen LogP contribution in [0.4, 0.5) is 0 Å². The molecule has 0 aromatic heterocycles. The molecule has 12 heavy (non-hydrogen) atoms. The molecule has 0 amide bonds. The van der Waals surface area contributed by atoms with E-state index in [1.807, 2.05) is 0 Å². The van der Waals surface area contributed by atoms with Crippen LogP contribution in [0.15, 0.2) is 24.8 Å². The van der Waals surface area contributed by atoms with E-state index >= 15 is 0 Å². The third kappa shape index (κ3) is 5.68. The third-order valence-corrected chi connectivity index (χ3v) is 1.15. The lowest BCUT2D eigenvalue weighted by molar-refractivity contribution is -0.137. The van der Waals surface area contributed by atoms with Crippen LogP contribution in [0.5, 0.6) is 0 Å². The van der Waals surface area contributed by atoms with E-state index in [1.54, 1.807) is 13.0 Å². The second kappa shape index (κ2) is 6.61. The molecule has 0 fully saturated rings. The summed E-state index contributed by atoms with van der Waals surface area (Å²) in [7, 11) is 0. The minimum atomic E-state index is -0.646. The fraction of sp³-hybridized carbons (Fsp3) is 0.444. The van der Waals surface area contributed by atoms with Crippen molar-refractivity contribution in [2.24, 2.45) is 0 Å². The second-order valence-electron chi connectivity index (χ2n) is 2.20. The molecule has 3 heteroatoms. The Labute approximate surface area is 72.3 Å². The molecule has 0 saturated carbocycles. The quantitative estimate of drug-likeness (QED) is 0.381. The summed E-state index contributed by atoms with van der Waals surface area (Å²) in [6.07, 6.45) is 3.99. The largest absolute Gasteiger partial charge is 0.463 e. The number of aliphatic hydroxyl groups excluding tert-OH is 1. The molecule has 1 N–H and O–H groups in total. The molecule has 0 aliphatic carbocycles. The molecule has 0 unspecified atom stereocenters. The van der Waals surface area contributed by atoms with Crippen LogP contribution in [0.3, 0.4) is 0 Å². The first-order chi connectivity index (χ1) is 5.70. The molecule has 0 aliphatic rings. The predicted octanol–water partition coefficient (Wildman–Crippen LogP) is 1.04. The lowest BCUT2D eigenvalue weighted by atomic mass is 10.2. The van der Waals surface area contributed by atoms with Gasteiger partial charge in [-0.25, -0.2) is 4.79 Å². The summed E-state index contributed by atoms with van der Waals surface area (Å²) in [5.41, 5.74) is 0. The van der Waals surface area contributed by atoms with Gasteiger partial charge in [-0.05, 0) is 19.4 Å². The summed E-state index contributed by atoms with van der Waals surface area (Å²) in [5.74, 6) is -0.430. The number of aliphatic hydroxyl groups is 1. The van der Waals surface area contributed by atoms with Crippen molar-refractivity contribution in [3.05, 3.63) is 24.8 Å². The van der Waals surface area contributed by atoms with Crippen molar-refractivity contribution in [1.82, 2.24) is 0 Å². The molecule has 0 aliphatic heterocycles. The van der Waals surface area contributed by atoms with Gasteiger partial charge in [0.05, 0.1) is 12.7 Å². The molecule has 68 valence electrons. The molecular formula is C9H14O3. The van der Waals surface area contributed by atoms with Crippen LogP contribution in [0.25, 0.3) is 0 Å². The van der Waals surface area contributed by atoms with Gasteiger partial charge < -0.3 is 9.84 Å². The maximum Gasteiger partial charge on any atom is 0.330 e. The Morgan fingerprint density at radius 2 is 2.42 bits per heavy atom. The van der Waals surface area contributed by atoms with E-state index in [-0.39, 0.29) is 0 Å². The molecule has 0 bridgehead atoms. The van der Waals surface area contributed by atoms with E-state index in [1.165, 1.54) is 12.2 Å². The highest BCUT2D eigenvalue weighted by atomic mass is 16.5. The van der Waals surface area contributed by atoms with Crippen molar-refractivity contribution < 1.29 is 14.6 Å². The SMILES string of the molecule is C=CC[C@@H](O)/C=C/C(=O)OCC. The monoisotopic (exact) mass is 170 g/mol. The summed E-state index contributed by atoms with van der Waals surface area (Å²) in [6, 6.07) is 0. The summed E-state index contributed by atoms with van der Waals surface area (Å²) in [6.45, 7) is 5.53. The van der Waals surface area contributed by atoms with E-state index in [9.17, 15) is 4.79 Å². The maximum atomic E-state index is 10.7. The van der Waals surface area contributed by atoms with Gasteiger partial charge in [-0.3, -0.25) is 0 Å². The Kier molecular flexibility index (Phi) is 6.01. The molecule has 0 spiro atoms. The topological polar surface area (TPSA) is 46.5 Å². The Hall–Kier alpha value is -1.09. The standard InChI is InChI=1S/C9H14O3/c1-3-5-8(10)6-7-9(11)12-4-2/h3,6-8,10H,1,4-5H2,2H3/b7-6+/t8-/m1/s1.